The Balaban J connectivity index is 0.00000141. The van der Waals surface area contributed by atoms with Crippen LogP contribution in [0.1, 0.15) is 65.4 Å². The summed E-state index contributed by atoms with van der Waals surface area (Å²) in [4.78, 5) is 9.25. The first kappa shape index (κ1) is 24.1. The Kier molecular flexibility index (Phi) is 8.57. The van der Waals surface area contributed by atoms with Crippen LogP contribution < -0.4 is 5.32 Å². The lowest BCUT2D eigenvalue weighted by Gasteiger charge is -2.29. The fourth-order valence-electron chi connectivity index (χ4n) is 4.26. The molecule has 3 aromatic rings. The van der Waals surface area contributed by atoms with Gasteiger partial charge in [0.2, 0.25) is 0 Å². The summed E-state index contributed by atoms with van der Waals surface area (Å²) in [7, 11) is 0. The van der Waals surface area contributed by atoms with Crippen LogP contribution in [0.4, 0.5) is 10.2 Å². The summed E-state index contributed by atoms with van der Waals surface area (Å²) >= 11 is 0. The van der Waals surface area contributed by atoms with E-state index in [9.17, 15) is 4.39 Å². The van der Waals surface area contributed by atoms with Crippen LogP contribution in [0.3, 0.4) is 0 Å². The summed E-state index contributed by atoms with van der Waals surface area (Å²) in [5.41, 5.74) is 4.26. The maximum atomic E-state index is 13.5. The molecule has 1 saturated heterocycles. The first-order valence-electron chi connectivity index (χ1n) is 12.0. The van der Waals surface area contributed by atoms with Gasteiger partial charge in [0.1, 0.15) is 18.0 Å². The fourth-order valence-corrected chi connectivity index (χ4v) is 4.26. The number of nitrogens with zero attached hydrogens (tertiary/aromatic N) is 2. The summed E-state index contributed by atoms with van der Waals surface area (Å²) in [5.74, 6) is 1.58. The Morgan fingerprint density at radius 1 is 1.03 bits per heavy atom. The number of hydrogen-bond acceptors (Lipinski definition) is 4. The molecule has 2 aromatic carbocycles. The number of fused-ring (bicyclic) bond motifs is 1. The predicted molar refractivity (Wildman–Crippen MR) is 132 cm³/mol. The van der Waals surface area contributed by atoms with E-state index in [0.29, 0.717) is 17.9 Å². The van der Waals surface area contributed by atoms with Crippen molar-refractivity contribution in [2.45, 2.75) is 65.8 Å². The van der Waals surface area contributed by atoms with E-state index >= 15 is 0 Å². The van der Waals surface area contributed by atoms with Crippen LogP contribution in [-0.2, 0) is 4.74 Å². The quantitative estimate of drug-likeness (QED) is 0.443. The Labute approximate surface area is 191 Å². The number of aromatic nitrogens is 2. The first-order chi connectivity index (χ1) is 15.6. The third-order valence-electron chi connectivity index (χ3n) is 6.43. The standard InChI is InChI=1S/C25H30FN3O.C2H6/c1-4-16(2)22-13-20(19-5-7-21(26)8-6-19)14-23-24(22)27-15-28-25(23)29-17(3)18-9-11-30-12-10-18;1-2/h5-8,13-18H,4,9-12H2,1-3H3,(H,27,28,29);1-2H3. The van der Waals surface area contributed by atoms with Crippen molar-refractivity contribution in [3.05, 3.63) is 54.1 Å². The maximum Gasteiger partial charge on any atom is 0.137 e. The topological polar surface area (TPSA) is 47.0 Å². The molecule has 1 N–H and O–H groups in total. The van der Waals surface area contributed by atoms with Crippen molar-refractivity contribution in [2.75, 3.05) is 18.5 Å². The first-order valence-corrected chi connectivity index (χ1v) is 12.0. The van der Waals surface area contributed by atoms with Gasteiger partial charge < -0.3 is 10.1 Å². The highest BCUT2D eigenvalue weighted by Gasteiger charge is 2.22. The van der Waals surface area contributed by atoms with Crippen LogP contribution >= 0.6 is 0 Å². The zero-order chi connectivity index (χ0) is 23.1. The molecule has 1 aliphatic heterocycles. The molecule has 32 heavy (non-hydrogen) atoms. The van der Waals surface area contributed by atoms with E-state index < -0.39 is 0 Å². The molecular weight excluding hydrogens is 401 g/mol. The predicted octanol–water partition coefficient (Wildman–Crippen LogP) is 7.20. The van der Waals surface area contributed by atoms with Gasteiger partial charge in [0.25, 0.3) is 0 Å². The average molecular weight is 438 g/mol. The number of benzene rings is 2. The summed E-state index contributed by atoms with van der Waals surface area (Å²) in [6.07, 6.45) is 4.81. The third-order valence-corrected chi connectivity index (χ3v) is 6.43. The Morgan fingerprint density at radius 2 is 1.72 bits per heavy atom. The minimum atomic E-state index is -0.224. The van der Waals surface area contributed by atoms with Gasteiger partial charge in [-0.1, -0.05) is 39.8 Å². The van der Waals surface area contributed by atoms with E-state index in [2.05, 4.69) is 48.2 Å². The summed E-state index contributed by atoms with van der Waals surface area (Å²) in [6, 6.07) is 11.3. The lowest BCUT2D eigenvalue weighted by Crippen LogP contribution is -2.31. The fraction of sp³-hybridized carbons (Fsp3) is 0.481. The molecule has 2 heterocycles. The highest BCUT2D eigenvalue weighted by Crippen LogP contribution is 2.35. The van der Waals surface area contributed by atoms with E-state index in [1.165, 1.54) is 17.7 Å². The van der Waals surface area contributed by atoms with Crippen LogP contribution in [0.15, 0.2) is 42.7 Å². The highest BCUT2D eigenvalue weighted by molar-refractivity contribution is 5.95. The number of anilines is 1. The summed E-state index contributed by atoms with van der Waals surface area (Å²) in [5, 5.41) is 4.68. The number of rotatable bonds is 6. The van der Waals surface area contributed by atoms with Crippen LogP contribution in [0.5, 0.6) is 0 Å². The van der Waals surface area contributed by atoms with Crippen LogP contribution in [0.2, 0.25) is 0 Å². The van der Waals surface area contributed by atoms with E-state index in [1.807, 2.05) is 26.0 Å². The van der Waals surface area contributed by atoms with Crippen molar-refractivity contribution < 1.29 is 9.13 Å². The van der Waals surface area contributed by atoms with Crippen molar-refractivity contribution in [3.63, 3.8) is 0 Å². The largest absolute Gasteiger partial charge is 0.381 e. The minimum Gasteiger partial charge on any atom is -0.381 e. The van der Waals surface area contributed by atoms with Gasteiger partial charge in [-0.25, -0.2) is 14.4 Å². The van der Waals surface area contributed by atoms with Gasteiger partial charge in [-0.05, 0) is 79.0 Å². The van der Waals surface area contributed by atoms with Crippen molar-refractivity contribution in [1.29, 1.82) is 0 Å². The monoisotopic (exact) mass is 437 g/mol. The lowest BCUT2D eigenvalue weighted by atomic mass is 9.91. The second-order valence-electron chi connectivity index (χ2n) is 8.38. The molecule has 2 atom stereocenters. The van der Waals surface area contributed by atoms with Gasteiger partial charge in [0, 0.05) is 24.6 Å². The van der Waals surface area contributed by atoms with E-state index in [-0.39, 0.29) is 5.82 Å². The molecule has 0 spiro atoms. The number of nitrogens with one attached hydrogen (secondary N) is 1. The van der Waals surface area contributed by atoms with E-state index in [4.69, 9.17) is 4.74 Å². The number of hydrogen-bond donors (Lipinski definition) is 1. The molecule has 1 aliphatic rings. The molecule has 172 valence electrons. The number of ether oxygens (including phenoxy) is 1. The molecule has 0 saturated carbocycles. The second-order valence-corrected chi connectivity index (χ2v) is 8.38. The van der Waals surface area contributed by atoms with Crippen LogP contribution in [0, 0.1) is 11.7 Å². The molecule has 5 heteroatoms. The van der Waals surface area contributed by atoms with Gasteiger partial charge in [-0.3, -0.25) is 0 Å². The lowest BCUT2D eigenvalue weighted by molar-refractivity contribution is 0.0622. The van der Waals surface area contributed by atoms with Crippen LogP contribution in [0.25, 0.3) is 22.0 Å². The Hall–Kier alpha value is -2.53. The normalized spacial score (nSPS) is 16.2. The average Bonchev–Trinajstić information content (AvgIpc) is 2.85. The van der Waals surface area contributed by atoms with E-state index in [0.717, 1.165) is 60.3 Å². The summed E-state index contributed by atoms with van der Waals surface area (Å²) < 4.78 is 19.0. The maximum absolute atomic E-state index is 13.5. The molecular formula is C27H36FN3O. The zero-order valence-corrected chi connectivity index (χ0v) is 20.0. The van der Waals surface area contributed by atoms with Crippen LogP contribution in [-0.4, -0.2) is 29.2 Å². The molecule has 0 aliphatic carbocycles. The SMILES string of the molecule is CC.CCC(C)c1cc(-c2ccc(F)cc2)cc2c(NC(C)C3CCOCC3)ncnc12. The summed E-state index contributed by atoms with van der Waals surface area (Å²) in [6.45, 7) is 12.3. The molecule has 1 aromatic heterocycles. The molecule has 1 fully saturated rings. The van der Waals surface area contributed by atoms with E-state index in [1.54, 1.807) is 6.33 Å². The van der Waals surface area contributed by atoms with Gasteiger partial charge in [-0.2, -0.15) is 0 Å². The Bertz CT molecular complexity index is 1000. The van der Waals surface area contributed by atoms with Gasteiger partial charge in [-0.15, -0.1) is 0 Å². The van der Waals surface area contributed by atoms with Gasteiger partial charge in [0.05, 0.1) is 5.52 Å². The van der Waals surface area contributed by atoms with Crippen molar-refractivity contribution in [2.24, 2.45) is 5.92 Å². The smallest absolute Gasteiger partial charge is 0.137 e. The number of halogens is 1. The molecule has 0 amide bonds. The minimum absolute atomic E-state index is 0.224. The van der Waals surface area contributed by atoms with Gasteiger partial charge >= 0.3 is 0 Å². The molecule has 4 rings (SSSR count). The van der Waals surface area contributed by atoms with Crippen molar-refractivity contribution in [3.8, 4) is 11.1 Å². The van der Waals surface area contributed by atoms with Crippen molar-refractivity contribution in [1.82, 2.24) is 9.97 Å². The highest BCUT2D eigenvalue weighted by atomic mass is 19.1. The third kappa shape index (κ3) is 5.44. The molecule has 2 unspecified atom stereocenters. The van der Waals surface area contributed by atoms with Gasteiger partial charge in [0.15, 0.2) is 0 Å². The molecule has 4 nitrogen and oxygen atoms in total. The molecule has 0 bridgehead atoms. The molecule has 0 radical (unpaired) electrons. The zero-order valence-electron chi connectivity index (χ0n) is 20.0. The Morgan fingerprint density at radius 3 is 2.38 bits per heavy atom. The second kappa shape index (κ2) is 11.4. The van der Waals surface area contributed by atoms with Crippen molar-refractivity contribution >= 4 is 16.7 Å².